The van der Waals surface area contributed by atoms with Gasteiger partial charge in [-0.25, -0.2) is 0 Å². The van der Waals surface area contributed by atoms with Crippen LogP contribution in [0.3, 0.4) is 0 Å². The summed E-state index contributed by atoms with van der Waals surface area (Å²) < 4.78 is 0. The average molecular weight is 207 g/mol. The first-order chi connectivity index (χ1) is 6.62. The van der Waals surface area contributed by atoms with Gasteiger partial charge in [-0.1, -0.05) is 26.0 Å². The highest BCUT2D eigenvalue weighted by atomic mass is 32.1. The van der Waals surface area contributed by atoms with Crippen LogP contribution in [0.15, 0.2) is 23.3 Å². The van der Waals surface area contributed by atoms with E-state index in [4.69, 9.17) is 0 Å². The fourth-order valence-electron chi connectivity index (χ4n) is 2.88. The highest BCUT2D eigenvalue weighted by Crippen LogP contribution is 2.70. The van der Waals surface area contributed by atoms with Gasteiger partial charge < -0.3 is 0 Å². The number of thiol groups is 1. The van der Waals surface area contributed by atoms with Crippen LogP contribution < -0.4 is 0 Å². The summed E-state index contributed by atoms with van der Waals surface area (Å²) in [5.41, 5.74) is 3.10. The predicted molar refractivity (Wildman–Crippen MR) is 62.4 cm³/mol. The molecule has 4 unspecified atom stereocenters. The third-order valence-electron chi connectivity index (χ3n) is 4.20. The van der Waals surface area contributed by atoms with E-state index in [0.717, 1.165) is 24.4 Å². The van der Waals surface area contributed by atoms with Gasteiger partial charge in [0.2, 0.25) is 0 Å². The lowest BCUT2D eigenvalue weighted by Gasteiger charge is -2.12. The Balaban J connectivity index is 1.58. The maximum Gasteiger partial charge on any atom is 0.0850 e. The lowest BCUT2D eigenvalue weighted by Crippen LogP contribution is -2.20. The molecule has 0 aromatic rings. The van der Waals surface area contributed by atoms with Crippen molar-refractivity contribution in [3.05, 3.63) is 23.3 Å². The van der Waals surface area contributed by atoms with Crippen LogP contribution in [0.4, 0.5) is 0 Å². The van der Waals surface area contributed by atoms with Gasteiger partial charge in [-0.15, -0.1) is 0 Å². The molecule has 0 amide bonds. The summed E-state index contributed by atoms with van der Waals surface area (Å²) in [5, 5.41) is 0. The summed E-state index contributed by atoms with van der Waals surface area (Å²) in [5.74, 6) is 1.55. The molecule has 3 rings (SSSR count). The molecule has 5 atom stereocenters. The Labute approximate surface area is 91.3 Å². The molecule has 2 saturated carbocycles. The Morgan fingerprint density at radius 3 is 2.50 bits per heavy atom. The zero-order valence-corrected chi connectivity index (χ0v) is 9.88. The molecule has 0 spiro atoms. The average Bonchev–Trinajstić information content (AvgIpc) is 3.06. The highest BCUT2D eigenvalue weighted by Gasteiger charge is 2.81. The van der Waals surface area contributed by atoms with Crippen LogP contribution in [-0.4, -0.2) is 22.4 Å². The van der Waals surface area contributed by atoms with Gasteiger partial charge in [0, 0.05) is 24.4 Å². The lowest BCUT2D eigenvalue weighted by atomic mass is 10.3. The number of allylic oxidation sites excluding steroid dienone is 3. The van der Waals surface area contributed by atoms with Crippen LogP contribution in [0, 0.1) is 11.8 Å². The molecule has 0 aromatic heterocycles. The van der Waals surface area contributed by atoms with Crippen molar-refractivity contribution in [3.8, 4) is 0 Å². The second-order valence-corrected chi connectivity index (χ2v) is 5.51. The van der Waals surface area contributed by atoms with Crippen LogP contribution in [0.5, 0.6) is 0 Å². The minimum Gasteiger partial charge on any atom is -0.278 e. The Hall–Kier alpha value is -0.210. The second-order valence-electron chi connectivity index (χ2n) is 4.79. The van der Waals surface area contributed by atoms with Crippen molar-refractivity contribution in [3.63, 3.8) is 0 Å². The van der Waals surface area contributed by atoms with E-state index in [0.29, 0.717) is 4.87 Å². The quantitative estimate of drug-likeness (QED) is 0.537. The van der Waals surface area contributed by atoms with E-state index in [1.54, 1.807) is 11.1 Å². The van der Waals surface area contributed by atoms with Crippen molar-refractivity contribution >= 4 is 12.6 Å². The van der Waals surface area contributed by atoms with Gasteiger partial charge in [0.1, 0.15) is 0 Å². The van der Waals surface area contributed by atoms with Gasteiger partial charge in [-0.05, 0) is 18.1 Å². The SMILES string of the molecule is C/C=C1\C(=C/CN2C3C(C)C32S)[C@H]1C. The Morgan fingerprint density at radius 1 is 1.43 bits per heavy atom. The van der Waals surface area contributed by atoms with Gasteiger partial charge in [-0.3, -0.25) is 4.90 Å². The molecule has 3 fully saturated rings. The van der Waals surface area contributed by atoms with Gasteiger partial charge in [0.15, 0.2) is 0 Å². The highest BCUT2D eigenvalue weighted by molar-refractivity contribution is 7.82. The van der Waals surface area contributed by atoms with Crippen molar-refractivity contribution in [1.29, 1.82) is 0 Å². The monoisotopic (exact) mass is 207 g/mol. The summed E-state index contributed by atoms with van der Waals surface area (Å²) in [7, 11) is 0. The van der Waals surface area contributed by atoms with Crippen LogP contribution in [0.1, 0.15) is 20.8 Å². The molecule has 1 nitrogen and oxygen atoms in total. The van der Waals surface area contributed by atoms with E-state index >= 15 is 0 Å². The van der Waals surface area contributed by atoms with Crippen molar-refractivity contribution in [2.75, 3.05) is 6.54 Å². The summed E-state index contributed by atoms with van der Waals surface area (Å²) >= 11 is 4.67. The molecule has 3 aliphatic rings. The van der Waals surface area contributed by atoms with E-state index in [9.17, 15) is 0 Å². The van der Waals surface area contributed by atoms with Crippen LogP contribution in [0.2, 0.25) is 0 Å². The number of likely N-dealkylation sites (tertiary alicyclic amines) is 1. The first-order valence-corrected chi connectivity index (χ1v) is 5.92. The topological polar surface area (TPSA) is 3.01 Å². The van der Waals surface area contributed by atoms with Crippen LogP contribution in [-0.2, 0) is 0 Å². The molecule has 14 heavy (non-hydrogen) atoms. The maximum absolute atomic E-state index is 4.67. The molecule has 1 aliphatic heterocycles. The number of nitrogens with zero attached hydrogens (tertiary/aromatic N) is 1. The molecule has 76 valence electrons. The molecule has 0 radical (unpaired) electrons. The predicted octanol–water partition coefficient (Wildman–Crippen LogP) is 2.47. The third-order valence-corrected chi connectivity index (χ3v) is 5.13. The molecule has 0 bridgehead atoms. The summed E-state index contributed by atoms with van der Waals surface area (Å²) in [6.45, 7) is 7.81. The van der Waals surface area contributed by atoms with E-state index in [2.05, 4.69) is 50.5 Å². The first-order valence-electron chi connectivity index (χ1n) is 5.48. The van der Waals surface area contributed by atoms with Crippen molar-refractivity contribution < 1.29 is 0 Å². The zero-order chi connectivity index (χ0) is 10.1. The van der Waals surface area contributed by atoms with E-state index in [1.165, 1.54) is 0 Å². The van der Waals surface area contributed by atoms with E-state index in [1.807, 2.05) is 0 Å². The molecule has 0 N–H and O–H groups in total. The van der Waals surface area contributed by atoms with Gasteiger partial charge in [0.05, 0.1) is 4.87 Å². The Morgan fingerprint density at radius 2 is 2.07 bits per heavy atom. The molecule has 2 heteroatoms. The summed E-state index contributed by atoms with van der Waals surface area (Å²) in [6, 6.07) is 0.783. The largest absolute Gasteiger partial charge is 0.278 e. The summed E-state index contributed by atoms with van der Waals surface area (Å²) in [6.07, 6.45) is 4.62. The van der Waals surface area contributed by atoms with Gasteiger partial charge in [0.25, 0.3) is 0 Å². The van der Waals surface area contributed by atoms with Crippen molar-refractivity contribution in [2.24, 2.45) is 11.8 Å². The number of hydrogen-bond donors (Lipinski definition) is 1. The molecule has 2 aliphatic carbocycles. The summed E-state index contributed by atoms with van der Waals surface area (Å²) in [4.78, 5) is 2.78. The van der Waals surface area contributed by atoms with Gasteiger partial charge >= 0.3 is 0 Å². The van der Waals surface area contributed by atoms with Gasteiger partial charge in [-0.2, -0.15) is 12.6 Å². The van der Waals surface area contributed by atoms with E-state index in [-0.39, 0.29) is 0 Å². The van der Waals surface area contributed by atoms with E-state index < -0.39 is 0 Å². The molecule has 1 saturated heterocycles. The lowest BCUT2D eigenvalue weighted by molar-refractivity contribution is 0.369. The molecule has 0 aromatic carbocycles. The van der Waals surface area contributed by atoms with Crippen molar-refractivity contribution in [1.82, 2.24) is 4.90 Å². The third kappa shape index (κ3) is 0.912. The minimum atomic E-state index is 0.297. The molecular weight excluding hydrogens is 190 g/mol. The number of hydrogen-bond acceptors (Lipinski definition) is 2. The van der Waals surface area contributed by atoms with Crippen LogP contribution in [0.25, 0.3) is 0 Å². The fourth-order valence-corrected chi connectivity index (χ4v) is 3.45. The second kappa shape index (κ2) is 2.48. The number of fused-ring (bicyclic) bond motifs is 1. The normalized spacial score (nSPS) is 58.9. The zero-order valence-electron chi connectivity index (χ0n) is 8.99. The molecule has 1 heterocycles. The van der Waals surface area contributed by atoms with Crippen molar-refractivity contribution in [2.45, 2.75) is 31.7 Å². The van der Waals surface area contributed by atoms with Crippen LogP contribution >= 0.6 is 12.6 Å². The Bertz CT molecular complexity index is 357. The first kappa shape index (κ1) is 9.05. The fraction of sp³-hybridized carbons (Fsp3) is 0.667. The smallest absolute Gasteiger partial charge is 0.0850 e. The standard InChI is InChI=1S/C12H17NS/c1-4-9-7(2)10(9)5-6-13-11-8(3)12(11,13)14/h4-5,7-8,11,14H,6H2,1-3H3/b9-4-,10-5-/t7-,8?,11?,12?,13?/m0/s1. The Kier molecular flexibility index (Phi) is 1.60. The molecular formula is C12H17NS. The minimum absolute atomic E-state index is 0.297. The maximum atomic E-state index is 4.67. The number of rotatable bonds is 2.